The molecule has 2 heterocycles. The van der Waals surface area contributed by atoms with Crippen molar-refractivity contribution in [3.05, 3.63) is 218 Å². The molecule has 2 heteroatoms. The molecule has 58 heavy (non-hydrogen) atoms. The molecule has 0 spiro atoms. The third-order valence-corrected chi connectivity index (χ3v) is 11.4. The summed E-state index contributed by atoms with van der Waals surface area (Å²) < 4.78 is 0. The lowest BCUT2D eigenvalue weighted by Gasteiger charge is -2.17. The molecule has 0 saturated carbocycles. The lowest BCUT2D eigenvalue weighted by Crippen LogP contribution is -1.94. The first-order valence-electron chi connectivity index (χ1n) is 19.8. The van der Waals surface area contributed by atoms with Crippen molar-refractivity contribution < 1.29 is 0 Å². The van der Waals surface area contributed by atoms with Crippen LogP contribution in [-0.2, 0) is 0 Å². The van der Waals surface area contributed by atoms with E-state index in [2.05, 4.69) is 206 Å². The Balaban J connectivity index is 1.09. The van der Waals surface area contributed by atoms with Crippen molar-refractivity contribution in [2.24, 2.45) is 0 Å². The van der Waals surface area contributed by atoms with Crippen molar-refractivity contribution in [3.8, 4) is 67.2 Å². The molecule has 0 N–H and O–H groups in total. The standard InChI is InChI=1S/C56H36N2/c1-3-15-41(16-4-1)53-33-47(34-54(57-53)42-17-5-2-6-18-42)39-23-27-40(28-24-39)50-35-52-51(45-29-25-37-13-7-9-19-43(37)31-45)36-55(58-56(52)49-22-12-11-21-48(49)50)46-30-26-38-14-8-10-20-44(38)32-46/h1-36H. The lowest BCUT2D eigenvalue weighted by molar-refractivity contribution is 1.32. The van der Waals surface area contributed by atoms with Gasteiger partial charge in [0.05, 0.1) is 22.6 Å². The first-order valence-corrected chi connectivity index (χ1v) is 19.8. The van der Waals surface area contributed by atoms with Gasteiger partial charge >= 0.3 is 0 Å². The van der Waals surface area contributed by atoms with Crippen LogP contribution in [0.2, 0.25) is 0 Å². The van der Waals surface area contributed by atoms with Gasteiger partial charge in [0, 0.05) is 27.5 Å². The Bertz CT molecular complexity index is 3260. The summed E-state index contributed by atoms with van der Waals surface area (Å²) in [6.45, 7) is 0. The zero-order valence-electron chi connectivity index (χ0n) is 31.7. The summed E-state index contributed by atoms with van der Waals surface area (Å²) >= 11 is 0. The lowest BCUT2D eigenvalue weighted by atomic mass is 9.90. The fourth-order valence-corrected chi connectivity index (χ4v) is 8.44. The maximum absolute atomic E-state index is 5.48. The van der Waals surface area contributed by atoms with Crippen LogP contribution < -0.4 is 0 Å². The van der Waals surface area contributed by atoms with E-state index in [1.165, 1.54) is 43.6 Å². The highest BCUT2D eigenvalue weighted by atomic mass is 14.7. The molecule has 0 aliphatic heterocycles. The Morgan fingerprint density at radius 2 is 0.690 bits per heavy atom. The molecule has 0 saturated heterocycles. The number of rotatable bonds is 6. The van der Waals surface area contributed by atoms with Crippen molar-refractivity contribution in [1.82, 2.24) is 9.97 Å². The Kier molecular flexibility index (Phi) is 8.19. The molecule has 0 bridgehead atoms. The maximum Gasteiger partial charge on any atom is 0.0794 e. The van der Waals surface area contributed by atoms with Gasteiger partial charge in [-0.15, -0.1) is 0 Å². The number of hydrogen-bond donors (Lipinski definition) is 0. The second-order valence-electron chi connectivity index (χ2n) is 15.0. The number of nitrogens with zero attached hydrogens (tertiary/aromatic N) is 2. The van der Waals surface area contributed by atoms with E-state index in [1.54, 1.807) is 0 Å². The van der Waals surface area contributed by atoms with Crippen LogP contribution in [0.1, 0.15) is 0 Å². The molecule has 0 amide bonds. The van der Waals surface area contributed by atoms with Crippen molar-refractivity contribution in [2.75, 3.05) is 0 Å². The Morgan fingerprint density at radius 3 is 1.33 bits per heavy atom. The van der Waals surface area contributed by atoms with E-state index in [1.807, 2.05) is 12.1 Å². The van der Waals surface area contributed by atoms with Gasteiger partial charge in [0.15, 0.2) is 0 Å². The third-order valence-electron chi connectivity index (χ3n) is 11.4. The monoisotopic (exact) mass is 736 g/mol. The van der Waals surface area contributed by atoms with Crippen molar-refractivity contribution in [1.29, 1.82) is 0 Å². The number of hydrogen-bond acceptors (Lipinski definition) is 2. The number of benzene rings is 9. The van der Waals surface area contributed by atoms with E-state index >= 15 is 0 Å². The molecule has 11 aromatic rings. The number of aromatic nitrogens is 2. The van der Waals surface area contributed by atoms with Crippen molar-refractivity contribution >= 4 is 43.2 Å². The van der Waals surface area contributed by atoms with Crippen LogP contribution in [0.25, 0.3) is 110 Å². The third kappa shape index (κ3) is 6.09. The molecule has 0 atom stereocenters. The molecule has 2 aromatic heterocycles. The first-order chi connectivity index (χ1) is 28.7. The summed E-state index contributed by atoms with van der Waals surface area (Å²) in [5.41, 5.74) is 14.1. The van der Waals surface area contributed by atoms with Gasteiger partial charge in [-0.25, -0.2) is 9.97 Å². The van der Waals surface area contributed by atoms with E-state index < -0.39 is 0 Å². The summed E-state index contributed by atoms with van der Waals surface area (Å²) in [6.07, 6.45) is 0. The Morgan fingerprint density at radius 1 is 0.224 bits per heavy atom. The molecule has 0 aliphatic rings. The molecule has 11 rings (SSSR count). The zero-order valence-corrected chi connectivity index (χ0v) is 31.7. The van der Waals surface area contributed by atoms with Crippen LogP contribution >= 0.6 is 0 Å². The predicted molar refractivity (Wildman–Crippen MR) is 245 cm³/mol. The Hall–Kier alpha value is -7.68. The summed E-state index contributed by atoms with van der Waals surface area (Å²) in [6, 6.07) is 78.3. The molecule has 2 nitrogen and oxygen atoms in total. The van der Waals surface area contributed by atoms with Crippen LogP contribution in [-0.4, -0.2) is 9.97 Å². The second kappa shape index (κ2) is 14.1. The van der Waals surface area contributed by atoms with Crippen LogP contribution in [0, 0.1) is 0 Å². The molecule has 0 radical (unpaired) electrons. The maximum atomic E-state index is 5.48. The van der Waals surface area contributed by atoms with E-state index in [9.17, 15) is 0 Å². The summed E-state index contributed by atoms with van der Waals surface area (Å²) in [7, 11) is 0. The summed E-state index contributed by atoms with van der Waals surface area (Å²) in [5, 5.41) is 8.32. The van der Waals surface area contributed by atoms with Crippen LogP contribution in [0.15, 0.2) is 218 Å². The van der Waals surface area contributed by atoms with Gasteiger partial charge in [-0.05, 0) is 96.7 Å². The topological polar surface area (TPSA) is 25.8 Å². The van der Waals surface area contributed by atoms with Crippen LogP contribution in [0.5, 0.6) is 0 Å². The van der Waals surface area contributed by atoms with Crippen molar-refractivity contribution in [3.63, 3.8) is 0 Å². The van der Waals surface area contributed by atoms with Crippen LogP contribution in [0.3, 0.4) is 0 Å². The molecule has 0 aliphatic carbocycles. The zero-order chi connectivity index (χ0) is 38.4. The van der Waals surface area contributed by atoms with E-state index in [-0.39, 0.29) is 0 Å². The average Bonchev–Trinajstić information content (AvgIpc) is 3.31. The fraction of sp³-hybridized carbons (Fsp3) is 0. The highest BCUT2D eigenvalue weighted by Crippen LogP contribution is 2.42. The van der Waals surface area contributed by atoms with Gasteiger partial charge in [-0.3, -0.25) is 0 Å². The normalized spacial score (nSPS) is 11.4. The SMILES string of the molecule is c1ccc(-c2cc(-c3ccc(-c4cc5c(-c6ccc7ccccc7c6)cc(-c6ccc7ccccc7c6)nc5c5ccccc45)cc3)cc(-c3ccccc3)n2)cc1. The van der Waals surface area contributed by atoms with E-state index in [4.69, 9.17) is 9.97 Å². The molecular weight excluding hydrogens is 701 g/mol. The smallest absolute Gasteiger partial charge is 0.0794 e. The first kappa shape index (κ1) is 33.6. The van der Waals surface area contributed by atoms with Gasteiger partial charge in [0.1, 0.15) is 0 Å². The number of fused-ring (bicyclic) bond motifs is 5. The summed E-state index contributed by atoms with van der Waals surface area (Å²) in [5.74, 6) is 0. The van der Waals surface area contributed by atoms with Crippen LogP contribution in [0.4, 0.5) is 0 Å². The van der Waals surface area contributed by atoms with E-state index in [0.29, 0.717) is 0 Å². The van der Waals surface area contributed by atoms with Gasteiger partial charge < -0.3 is 0 Å². The van der Waals surface area contributed by atoms with Gasteiger partial charge in [-0.1, -0.05) is 182 Å². The molecular formula is C56H36N2. The summed E-state index contributed by atoms with van der Waals surface area (Å²) in [4.78, 5) is 10.6. The quantitative estimate of drug-likeness (QED) is 0.159. The number of pyridine rings is 2. The fourth-order valence-electron chi connectivity index (χ4n) is 8.44. The van der Waals surface area contributed by atoms with E-state index in [0.717, 1.165) is 66.8 Å². The molecule has 0 unspecified atom stereocenters. The predicted octanol–water partition coefficient (Wildman–Crippen LogP) is 15.1. The van der Waals surface area contributed by atoms with Gasteiger partial charge in [-0.2, -0.15) is 0 Å². The Labute approximate surface area is 337 Å². The highest BCUT2D eigenvalue weighted by Gasteiger charge is 2.17. The molecule has 270 valence electrons. The minimum atomic E-state index is 0.957. The average molecular weight is 737 g/mol. The second-order valence-corrected chi connectivity index (χ2v) is 15.0. The molecule has 9 aromatic carbocycles. The highest BCUT2D eigenvalue weighted by molar-refractivity contribution is 6.16. The molecule has 0 fully saturated rings. The minimum absolute atomic E-state index is 0.957. The van der Waals surface area contributed by atoms with Crippen molar-refractivity contribution in [2.45, 2.75) is 0 Å². The van der Waals surface area contributed by atoms with Gasteiger partial charge in [0.2, 0.25) is 0 Å². The minimum Gasteiger partial charge on any atom is -0.248 e. The largest absolute Gasteiger partial charge is 0.248 e. The van der Waals surface area contributed by atoms with Gasteiger partial charge in [0.25, 0.3) is 0 Å².